The maximum absolute atomic E-state index is 12.9. The molecule has 0 unspecified atom stereocenters. The Morgan fingerprint density at radius 3 is 2.41 bits per heavy atom. The van der Waals surface area contributed by atoms with E-state index in [0.717, 1.165) is 5.56 Å². The zero-order chi connectivity index (χ0) is 19.8. The molecule has 0 radical (unpaired) electrons. The van der Waals surface area contributed by atoms with Gasteiger partial charge in [0.2, 0.25) is 15.3 Å². The van der Waals surface area contributed by atoms with E-state index >= 15 is 0 Å². The Balaban J connectivity index is 2.15. The van der Waals surface area contributed by atoms with Crippen molar-refractivity contribution in [3.8, 4) is 5.75 Å². The molecule has 1 N–H and O–H groups in total. The lowest BCUT2D eigenvalue weighted by atomic mass is 10.2. The van der Waals surface area contributed by atoms with Gasteiger partial charge in [-0.15, -0.1) is 0 Å². The molecule has 1 aromatic heterocycles. The van der Waals surface area contributed by atoms with Crippen LogP contribution in [0.5, 0.6) is 5.75 Å². The molecule has 3 aromatic rings. The highest BCUT2D eigenvalue weighted by Gasteiger charge is 2.26. The summed E-state index contributed by atoms with van der Waals surface area (Å²) in [4.78, 5) is 23.0. The van der Waals surface area contributed by atoms with E-state index in [1.165, 1.54) is 37.3 Å². The zero-order valence-corrected chi connectivity index (χ0v) is 15.4. The highest BCUT2D eigenvalue weighted by Crippen LogP contribution is 2.26. The number of ether oxygens (including phenoxy) is 1. The normalized spacial score (nSPS) is 11.5. The second kappa shape index (κ2) is 6.88. The van der Waals surface area contributed by atoms with Crippen molar-refractivity contribution in [3.05, 3.63) is 64.0 Å². The average Bonchev–Trinajstić information content (AvgIpc) is 2.59. The van der Waals surface area contributed by atoms with Crippen LogP contribution in [0, 0.1) is 13.8 Å². The number of carbonyl (C=O) groups is 1. The van der Waals surface area contributed by atoms with Crippen LogP contribution in [0.15, 0.2) is 61.5 Å². The first kappa shape index (κ1) is 18.7. The highest BCUT2D eigenvalue weighted by molar-refractivity contribution is 7.91. The Morgan fingerprint density at radius 2 is 1.78 bits per heavy atom. The molecule has 0 amide bonds. The van der Waals surface area contributed by atoms with Crippen molar-refractivity contribution >= 4 is 26.8 Å². The van der Waals surface area contributed by atoms with Crippen molar-refractivity contribution in [2.75, 3.05) is 6.61 Å². The van der Waals surface area contributed by atoms with Crippen LogP contribution < -0.4 is 10.2 Å². The molecule has 0 bridgehead atoms. The fourth-order valence-electron chi connectivity index (χ4n) is 2.65. The van der Waals surface area contributed by atoms with E-state index in [1.807, 2.05) is 6.92 Å². The van der Waals surface area contributed by atoms with Gasteiger partial charge >= 0.3 is 5.97 Å². The summed E-state index contributed by atoms with van der Waals surface area (Å²) in [6.45, 7) is 2.68. The van der Waals surface area contributed by atoms with E-state index in [0.29, 0.717) is 0 Å². The third-order valence-electron chi connectivity index (χ3n) is 3.95. The van der Waals surface area contributed by atoms with Gasteiger partial charge in [0.1, 0.15) is 17.1 Å². The largest absolute Gasteiger partial charge is 0.482 e. The molecule has 140 valence electrons. The number of hydrogen-bond donors (Lipinski definition) is 1. The first-order valence-corrected chi connectivity index (χ1v) is 9.42. The lowest BCUT2D eigenvalue weighted by Crippen LogP contribution is -2.17. The fraction of sp³-hybridized carbons (Fsp3) is 0.158. The summed E-state index contributed by atoms with van der Waals surface area (Å²) >= 11 is 0. The molecule has 0 saturated carbocycles. The van der Waals surface area contributed by atoms with Crippen LogP contribution in [0.25, 0.3) is 11.0 Å². The number of carboxylic acid groups (broad SMARTS) is 1. The van der Waals surface area contributed by atoms with Gasteiger partial charge in [-0.1, -0.05) is 17.7 Å². The van der Waals surface area contributed by atoms with Crippen LogP contribution in [0.2, 0.25) is 0 Å². The van der Waals surface area contributed by atoms with Crippen molar-refractivity contribution in [3.63, 3.8) is 0 Å². The predicted molar refractivity (Wildman–Crippen MR) is 97.0 cm³/mol. The molecule has 8 heteroatoms. The van der Waals surface area contributed by atoms with Gasteiger partial charge in [0.05, 0.1) is 10.3 Å². The summed E-state index contributed by atoms with van der Waals surface area (Å²) in [5, 5.41) is 8.73. The lowest BCUT2D eigenvalue weighted by Gasteiger charge is -2.09. The van der Waals surface area contributed by atoms with Gasteiger partial charge in [-0.3, -0.25) is 4.79 Å². The Labute approximate surface area is 154 Å². The smallest absolute Gasteiger partial charge is 0.341 e. The molecule has 7 nitrogen and oxygen atoms in total. The van der Waals surface area contributed by atoms with Crippen LogP contribution >= 0.6 is 0 Å². The number of fused-ring (bicyclic) bond motifs is 1. The molecular weight excluding hydrogens is 372 g/mol. The molecule has 2 aromatic carbocycles. The van der Waals surface area contributed by atoms with Gasteiger partial charge in [-0.25, -0.2) is 13.2 Å². The van der Waals surface area contributed by atoms with E-state index in [4.69, 9.17) is 14.3 Å². The lowest BCUT2D eigenvalue weighted by molar-refractivity contribution is -0.139. The molecule has 3 rings (SSSR count). The first-order valence-electron chi connectivity index (χ1n) is 7.94. The first-order chi connectivity index (χ1) is 12.7. The number of hydrogen-bond acceptors (Lipinski definition) is 6. The molecule has 0 aliphatic carbocycles. The van der Waals surface area contributed by atoms with Crippen LogP contribution in [0.1, 0.15) is 11.3 Å². The van der Waals surface area contributed by atoms with Crippen LogP contribution in [-0.4, -0.2) is 26.1 Å². The van der Waals surface area contributed by atoms with Gasteiger partial charge in [0.15, 0.2) is 11.5 Å². The van der Waals surface area contributed by atoms with Crippen LogP contribution in [0.4, 0.5) is 0 Å². The summed E-state index contributed by atoms with van der Waals surface area (Å²) in [6, 6.07) is 10.3. The van der Waals surface area contributed by atoms with Crippen molar-refractivity contribution in [1.29, 1.82) is 0 Å². The topological polar surface area (TPSA) is 111 Å². The zero-order valence-electron chi connectivity index (χ0n) is 14.6. The summed E-state index contributed by atoms with van der Waals surface area (Å²) < 4.78 is 36.4. The van der Waals surface area contributed by atoms with Crippen molar-refractivity contribution in [2.24, 2.45) is 0 Å². The second-order valence-corrected chi connectivity index (χ2v) is 7.86. The van der Waals surface area contributed by atoms with Crippen LogP contribution in [-0.2, 0) is 14.6 Å². The number of sulfone groups is 1. The Hall–Kier alpha value is -3.13. The maximum atomic E-state index is 12.9. The van der Waals surface area contributed by atoms with E-state index in [-0.39, 0.29) is 27.4 Å². The Morgan fingerprint density at radius 1 is 1.11 bits per heavy atom. The number of carboxylic acids is 1. The van der Waals surface area contributed by atoms with Crippen molar-refractivity contribution < 1.29 is 27.5 Å². The number of rotatable bonds is 5. The molecule has 27 heavy (non-hydrogen) atoms. The molecule has 0 spiro atoms. The molecule has 0 fully saturated rings. The third-order valence-corrected chi connectivity index (χ3v) is 5.85. The Kier molecular flexibility index (Phi) is 4.75. The summed E-state index contributed by atoms with van der Waals surface area (Å²) in [5.74, 6) is -1.00. The van der Waals surface area contributed by atoms with E-state index in [1.54, 1.807) is 12.1 Å². The highest BCUT2D eigenvalue weighted by atomic mass is 32.2. The molecular formula is C19H16O7S. The fourth-order valence-corrected chi connectivity index (χ4v) is 4.15. The average molecular weight is 388 g/mol. The van der Waals surface area contributed by atoms with E-state index < -0.39 is 32.7 Å². The van der Waals surface area contributed by atoms with Crippen molar-refractivity contribution in [2.45, 2.75) is 23.6 Å². The quantitative estimate of drug-likeness (QED) is 0.715. The molecule has 0 saturated heterocycles. The number of benzene rings is 2. The third kappa shape index (κ3) is 3.56. The van der Waals surface area contributed by atoms with E-state index in [9.17, 15) is 18.0 Å². The van der Waals surface area contributed by atoms with Gasteiger partial charge in [0, 0.05) is 6.07 Å². The molecule has 1 heterocycles. The molecule has 0 aliphatic heterocycles. The SMILES string of the molecule is Cc1ccc(S(=O)(=O)c2c(C)oc3cc(OCC(=O)O)ccc3c2=O)cc1. The minimum Gasteiger partial charge on any atom is -0.482 e. The minimum atomic E-state index is -4.06. The number of aryl methyl sites for hydroxylation is 2. The minimum absolute atomic E-state index is 0.00395. The summed E-state index contributed by atoms with van der Waals surface area (Å²) in [6.07, 6.45) is 0. The second-order valence-electron chi connectivity index (χ2n) is 5.97. The van der Waals surface area contributed by atoms with Gasteiger partial charge in [0.25, 0.3) is 0 Å². The molecule has 0 atom stereocenters. The predicted octanol–water partition coefficient (Wildman–Crippen LogP) is 2.71. The van der Waals surface area contributed by atoms with Gasteiger partial charge < -0.3 is 14.3 Å². The van der Waals surface area contributed by atoms with Gasteiger partial charge in [-0.2, -0.15) is 0 Å². The monoisotopic (exact) mass is 388 g/mol. The summed E-state index contributed by atoms with van der Waals surface area (Å²) in [5.41, 5.74) is 0.326. The standard InChI is InChI=1S/C19H16O7S/c1-11-3-6-14(7-4-11)27(23,24)19-12(2)26-16-9-13(25-10-17(20)21)5-8-15(16)18(19)22/h3-9H,10H2,1-2H3,(H,20,21). The maximum Gasteiger partial charge on any atom is 0.341 e. The van der Waals surface area contributed by atoms with Gasteiger partial charge in [-0.05, 0) is 38.1 Å². The summed E-state index contributed by atoms with van der Waals surface area (Å²) in [7, 11) is -4.06. The number of aliphatic carboxylic acids is 1. The van der Waals surface area contributed by atoms with E-state index in [2.05, 4.69) is 0 Å². The van der Waals surface area contributed by atoms with Crippen molar-refractivity contribution in [1.82, 2.24) is 0 Å². The Bertz CT molecular complexity index is 1190. The molecule has 0 aliphatic rings. The van der Waals surface area contributed by atoms with Crippen LogP contribution in [0.3, 0.4) is 0 Å².